The molecule has 0 radical (unpaired) electrons. The first-order valence-corrected chi connectivity index (χ1v) is 7.33. The number of hydrogen-bond acceptors (Lipinski definition) is 3. The lowest BCUT2D eigenvalue weighted by Crippen LogP contribution is -2.39. The summed E-state index contributed by atoms with van der Waals surface area (Å²) in [4.78, 5) is 11.1. The molecule has 19 heavy (non-hydrogen) atoms. The Bertz CT molecular complexity index is 470. The second-order valence-corrected chi connectivity index (χ2v) is 6.33. The molecule has 1 heterocycles. The van der Waals surface area contributed by atoms with Crippen molar-refractivity contribution in [2.75, 3.05) is 25.0 Å². The summed E-state index contributed by atoms with van der Waals surface area (Å²) in [6, 6.07) is 5.41. The molecule has 0 saturated carbocycles. The van der Waals surface area contributed by atoms with E-state index in [2.05, 4.69) is 33.5 Å². The van der Waals surface area contributed by atoms with E-state index < -0.39 is 5.91 Å². The van der Waals surface area contributed by atoms with E-state index in [1.54, 1.807) is 12.1 Å². The van der Waals surface area contributed by atoms with Crippen molar-refractivity contribution >= 4 is 27.5 Å². The largest absolute Gasteiger partial charge is 0.384 e. The second-order valence-electron chi connectivity index (χ2n) is 5.47. The van der Waals surface area contributed by atoms with Crippen LogP contribution in [0.5, 0.6) is 0 Å². The molecule has 1 aromatic carbocycles. The summed E-state index contributed by atoms with van der Waals surface area (Å²) in [5.74, 6) is -0.405. The topological polar surface area (TPSA) is 67.1 Å². The summed E-state index contributed by atoms with van der Waals surface area (Å²) in [5.41, 5.74) is 7.11. The Hall–Kier alpha value is -1.07. The molecule has 1 aliphatic rings. The number of hydrogen-bond donors (Lipinski definition) is 3. The molecule has 0 bridgehead atoms. The molecular formula is C14H20BrN3O. The lowest BCUT2D eigenvalue weighted by Gasteiger charge is -2.34. The van der Waals surface area contributed by atoms with Gasteiger partial charge >= 0.3 is 0 Å². The fraction of sp³-hybridized carbons (Fsp3) is 0.500. The molecule has 1 amide bonds. The molecule has 5 heteroatoms. The second kappa shape index (κ2) is 5.92. The van der Waals surface area contributed by atoms with Gasteiger partial charge in [0, 0.05) is 22.3 Å². The first-order chi connectivity index (χ1) is 9.00. The molecule has 1 aromatic rings. The predicted molar refractivity (Wildman–Crippen MR) is 81.4 cm³/mol. The number of amides is 1. The van der Waals surface area contributed by atoms with Crippen LogP contribution in [0.25, 0.3) is 0 Å². The van der Waals surface area contributed by atoms with Gasteiger partial charge in [0.1, 0.15) is 0 Å². The number of primary amides is 1. The minimum Gasteiger partial charge on any atom is -0.384 e. The van der Waals surface area contributed by atoms with Crippen molar-refractivity contribution in [1.29, 1.82) is 0 Å². The van der Waals surface area contributed by atoms with E-state index in [4.69, 9.17) is 5.73 Å². The Balaban J connectivity index is 2.01. The number of halogens is 1. The molecule has 104 valence electrons. The highest BCUT2D eigenvalue weighted by Crippen LogP contribution is 2.30. The lowest BCUT2D eigenvalue weighted by molar-refractivity contribution is 0.100. The van der Waals surface area contributed by atoms with Crippen LogP contribution < -0.4 is 16.4 Å². The normalized spacial score (nSPS) is 18.0. The Morgan fingerprint density at radius 3 is 2.74 bits per heavy atom. The van der Waals surface area contributed by atoms with E-state index >= 15 is 0 Å². The van der Waals surface area contributed by atoms with Crippen LogP contribution in [0.2, 0.25) is 0 Å². The third-order valence-corrected chi connectivity index (χ3v) is 4.43. The fourth-order valence-corrected chi connectivity index (χ4v) is 2.85. The van der Waals surface area contributed by atoms with Crippen LogP contribution >= 0.6 is 15.9 Å². The van der Waals surface area contributed by atoms with Gasteiger partial charge in [-0.25, -0.2) is 0 Å². The van der Waals surface area contributed by atoms with E-state index in [1.165, 1.54) is 12.8 Å². The average molecular weight is 326 g/mol. The van der Waals surface area contributed by atoms with Crippen molar-refractivity contribution in [3.63, 3.8) is 0 Å². The van der Waals surface area contributed by atoms with Crippen LogP contribution in [0.3, 0.4) is 0 Å². The Kier molecular flexibility index (Phi) is 4.47. The van der Waals surface area contributed by atoms with Gasteiger partial charge in [0.2, 0.25) is 5.91 Å². The highest BCUT2D eigenvalue weighted by Gasteiger charge is 2.26. The number of piperidine rings is 1. The molecule has 0 atom stereocenters. The Morgan fingerprint density at radius 1 is 1.47 bits per heavy atom. The molecule has 0 spiro atoms. The van der Waals surface area contributed by atoms with Gasteiger partial charge in [-0.2, -0.15) is 0 Å². The zero-order valence-corrected chi connectivity index (χ0v) is 12.7. The minimum absolute atomic E-state index is 0.326. The molecule has 0 unspecified atom stereocenters. The van der Waals surface area contributed by atoms with Crippen LogP contribution in [-0.2, 0) is 0 Å². The molecule has 1 fully saturated rings. The number of rotatable bonds is 4. The first kappa shape index (κ1) is 14.3. The number of nitrogens with two attached hydrogens (primary N) is 1. The fourth-order valence-electron chi connectivity index (χ4n) is 2.33. The van der Waals surface area contributed by atoms with Crippen LogP contribution in [-0.4, -0.2) is 25.5 Å². The number of carbonyl (C=O) groups is 1. The molecule has 0 aliphatic carbocycles. The van der Waals surface area contributed by atoms with Gasteiger partial charge in [0.25, 0.3) is 0 Å². The molecular weight excluding hydrogens is 306 g/mol. The average Bonchev–Trinajstić information content (AvgIpc) is 2.38. The Labute approximate surface area is 122 Å². The van der Waals surface area contributed by atoms with Crippen molar-refractivity contribution in [3.05, 3.63) is 28.2 Å². The van der Waals surface area contributed by atoms with E-state index in [-0.39, 0.29) is 0 Å². The van der Waals surface area contributed by atoms with Crippen molar-refractivity contribution < 1.29 is 4.79 Å². The van der Waals surface area contributed by atoms with Gasteiger partial charge in [0.15, 0.2) is 0 Å². The van der Waals surface area contributed by atoms with Crippen molar-refractivity contribution in [2.45, 2.75) is 19.8 Å². The highest BCUT2D eigenvalue weighted by molar-refractivity contribution is 9.10. The maximum atomic E-state index is 11.1. The smallest absolute Gasteiger partial charge is 0.248 e. The Morgan fingerprint density at radius 2 is 2.16 bits per heavy atom. The first-order valence-electron chi connectivity index (χ1n) is 6.54. The van der Waals surface area contributed by atoms with Gasteiger partial charge in [0.05, 0.1) is 0 Å². The minimum atomic E-state index is -0.405. The number of anilines is 1. The van der Waals surface area contributed by atoms with Crippen LogP contribution in [0.1, 0.15) is 30.1 Å². The van der Waals surface area contributed by atoms with Gasteiger partial charge in [-0.05, 0) is 65.5 Å². The van der Waals surface area contributed by atoms with Crippen molar-refractivity contribution in [3.8, 4) is 0 Å². The molecule has 1 aliphatic heterocycles. The zero-order chi connectivity index (χ0) is 13.9. The predicted octanol–water partition coefficient (Wildman–Crippen LogP) is 2.35. The lowest BCUT2D eigenvalue weighted by atomic mass is 9.81. The molecule has 4 nitrogen and oxygen atoms in total. The summed E-state index contributed by atoms with van der Waals surface area (Å²) in [6.07, 6.45) is 2.36. The number of carbonyl (C=O) groups excluding carboxylic acids is 1. The zero-order valence-electron chi connectivity index (χ0n) is 11.1. The SMILES string of the molecule is CC1(CNc2ccc(C(N)=O)cc2Br)CCNCC1. The number of nitrogens with one attached hydrogen (secondary N) is 2. The van der Waals surface area contributed by atoms with E-state index in [9.17, 15) is 4.79 Å². The van der Waals surface area contributed by atoms with Crippen molar-refractivity contribution in [2.24, 2.45) is 11.1 Å². The molecule has 2 rings (SSSR count). The number of benzene rings is 1. The summed E-state index contributed by atoms with van der Waals surface area (Å²) in [5, 5.41) is 6.84. The monoisotopic (exact) mass is 325 g/mol. The van der Waals surface area contributed by atoms with Crippen LogP contribution in [0, 0.1) is 5.41 Å². The summed E-state index contributed by atoms with van der Waals surface area (Å²) >= 11 is 3.48. The van der Waals surface area contributed by atoms with Gasteiger partial charge in [-0.15, -0.1) is 0 Å². The molecule has 0 aromatic heterocycles. The van der Waals surface area contributed by atoms with Crippen LogP contribution in [0.15, 0.2) is 22.7 Å². The maximum absolute atomic E-state index is 11.1. The van der Waals surface area contributed by atoms with Crippen molar-refractivity contribution in [1.82, 2.24) is 5.32 Å². The van der Waals surface area contributed by atoms with Gasteiger partial charge in [-0.3, -0.25) is 4.79 Å². The third-order valence-electron chi connectivity index (χ3n) is 3.77. The quantitative estimate of drug-likeness (QED) is 0.796. The van der Waals surface area contributed by atoms with Gasteiger partial charge in [-0.1, -0.05) is 6.92 Å². The maximum Gasteiger partial charge on any atom is 0.248 e. The summed E-state index contributed by atoms with van der Waals surface area (Å²) < 4.78 is 0.876. The summed E-state index contributed by atoms with van der Waals surface area (Å²) in [6.45, 7) is 5.41. The van der Waals surface area contributed by atoms with Gasteiger partial charge < -0.3 is 16.4 Å². The van der Waals surface area contributed by atoms with Crippen LogP contribution in [0.4, 0.5) is 5.69 Å². The highest BCUT2D eigenvalue weighted by atomic mass is 79.9. The molecule has 4 N–H and O–H groups in total. The van der Waals surface area contributed by atoms with E-state index in [0.717, 1.165) is 29.8 Å². The van der Waals surface area contributed by atoms with E-state index in [0.29, 0.717) is 11.0 Å². The van der Waals surface area contributed by atoms with E-state index in [1.807, 2.05) is 6.07 Å². The standard InChI is InChI=1S/C14H20BrN3O/c1-14(4-6-17-7-5-14)9-18-12-3-2-10(13(16)19)8-11(12)15/h2-3,8,17-18H,4-7,9H2,1H3,(H2,16,19). The molecule has 1 saturated heterocycles. The summed E-state index contributed by atoms with van der Waals surface area (Å²) in [7, 11) is 0. The third kappa shape index (κ3) is 3.70.